The maximum absolute atomic E-state index is 11.5. The van der Waals surface area contributed by atoms with Crippen molar-refractivity contribution < 1.29 is 4.79 Å². The number of rotatable bonds is 3. The predicted molar refractivity (Wildman–Crippen MR) is 58.0 cm³/mol. The van der Waals surface area contributed by atoms with Crippen LogP contribution in [-0.4, -0.2) is 24.8 Å². The first-order valence-electron chi connectivity index (χ1n) is 4.34. The van der Waals surface area contributed by atoms with E-state index in [0.29, 0.717) is 11.3 Å². The van der Waals surface area contributed by atoms with Crippen molar-refractivity contribution >= 4 is 11.5 Å². The van der Waals surface area contributed by atoms with Gasteiger partial charge in [0, 0.05) is 37.6 Å². The Kier molecular flexibility index (Phi) is 3.29. The van der Waals surface area contributed by atoms with Crippen LogP contribution in [0.15, 0.2) is 36.5 Å². The van der Waals surface area contributed by atoms with Crippen molar-refractivity contribution in [3.05, 3.63) is 42.1 Å². The molecule has 0 radical (unpaired) electrons. The molecule has 0 saturated heterocycles. The van der Waals surface area contributed by atoms with E-state index in [1.54, 1.807) is 30.5 Å². The van der Waals surface area contributed by atoms with Crippen molar-refractivity contribution in [2.24, 2.45) is 0 Å². The molecule has 0 spiro atoms. The number of hydrogen-bond acceptors (Lipinski definition) is 3. The fourth-order valence-electron chi connectivity index (χ4n) is 0.960. The molecule has 0 amide bonds. The van der Waals surface area contributed by atoms with E-state index in [1.807, 2.05) is 19.0 Å². The lowest BCUT2D eigenvalue weighted by Gasteiger charge is -2.02. The minimum Gasteiger partial charge on any atom is -0.399 e. The Balaban J connectivity index is 2.75. The maximum Gasteiger partial charge on any atom is 0.187 e. The summed E-state index contributed by atoms with van der Waals surface area (Å²) >= 11 is 0. The van der Waals surface area contributed by atoms with E-state index in [4.69, 9.17) is 5.73 Å². The first-order chi connectivity index (χ1) is 6.59. The average molecular weight is 190 g/mol. The number of nitrogens with two attached hydrogens (primary N) is 1. The number of carbonyl (C=O) groups excluding carboxylic acids is 1. The minimum atomic E-state index is -0.0151. The normalized spacial score (nSPS) is 10.4. The molecule has 0 aromatic heterocycles. The lowest BCUT2D eigenvalue weighted by Crippen LogP contribution is -2.03. The second-order valence-corrected chi connectivity index (χ2v) is 3.27. The van der Waals surface area contributed by atoms with Gasteiger partial charge in [0.25, 0.3) is 0 Å². The lowest BCUT2D eigenvalue weighted by molar-refractivity contribution is 0.104. The smallest absolute Gasteiger partial charge is 0.187 e. The first-order valence-corrected chi connectivity index (χ1v) is 4.34. The molecule has 0 atom stereocenters. The molecule has 0 aliphatic heterocycles. The predicted octanol–water partition coefficient (Wildman–Crippen LogP) is 1.53. The van der Waals surface area contributed by atoms with Crippen LogP contribution < -0.4 is 5.73 Å². The van der Waals surface area contributed by atoms with Gasteiger partial charge in [0.15, 0.2) is 5.78 Å². The zero-order valence-corrected chi connectivity index (χ0v) is 8.40. The Morgan fingerprint density at radius 1 is 1.29 bits per heavy atom. The molecule has 0 heterocycles. The third kappa shape index (κ3) is 2.94. The molecule has 14 heavy (non-hydrogen) atoms. The van der Waals surface area contributed by atoms with Gasteiger partial charge in [-0.1, -0.05) is 0 Å². The van der Waals surface area contributed by atoms with Crippen LogP contribution in [0.4, 0.5) is 5.69 Å². The fourth-order valence-corrected chi connectivity index (χ4v) is 0.960. The van der Waals surface area contributed by atoms with Crippen LogP contribution in [-0.2, 0) is 0 Å². The largest absolute Gasteiger partial charge is 0.399 e. The Morgan fingerprint density at radius 2 is 1.86 bits per heavy atom. The number of allylic oxidation sites excluding steroid dienone is 1. The summed E-state index contributed by atoms with van der Waals surface area (Å²) in [4.78, 5) is 13.3. The van der Waals surface area contributed by atoms with Gasteiger partial charge in [-0.15, -0.1) is 0 Å². The van der Waals surface area contributed by atoms with Gasteiger partial charge in [0.05, 0.1) is 0 Å². The van der Waals surface area contributed by atoms with E-state index >= 15 is 0 Å². The molecule has 0 fully saturated rings. The summed E-state index contributed by atoms with van der Waals surface area (Å²) < 4.78 is 0. The Hall–Kier alpha value is -1.77. The fraction of sp³-hybridized carbons (Fsp3) is 0.182. The number of nitrogen functional groups attached to an aromatic ring is 1. The molecule has 0 bridgehead atoms. The van der Waals surface area contributed by atoms with Gasteiger partial charge in [-0.05, 0) is 24.3 Å². The SMILES string of the molecule is CN(C)/C=C/C(=O)c1ccc(N)cc1. The number of nitrogens with zero attached hydrogens (tertiary/aromatic N) is 1. The molecule has 3 nitrogen and oxygen atoms in total. The standard InChI is InChI=1S/C11H14N2O/c1-13(2)8-7-11(14)9-3-5-10(12)6-4-9/h3-8H,12H2,1-2H3/b8-7+. The number of hydrogen-bond donors (Lipinski definition) is 1. The van der Waals surface area contributed by atoms with Crippen LogP contribution in [0, 0.1) is 0 Å². The molecule has 1 aromatic rings. The molecule has 2 N–H and O–H groups in total. The van der Waals surface area contributed by atoms with Gasteiger partial charge >= 0.3 is 0 Å². The quantitative estimate of drug-likeness (QED) is 0.446. The van der Waals surface area contributed by atoms with Gasteiger partial charge < -0.3 is 10.6 Å². The van der Waals surface area contributed by atoms with E-state index in [1.165, 1.54) is 6.08 Å². The van der Waals surface area contributed by atoms with Crippen LogP contribution in [0.1, 0.15) is 10.4 Å². The molecule has 1 aromatic carbocycles. The van der Waals surface area contributed by atoms with Crippen LogP contribution in [0.5, 0.6) is 0 Å². The monoisotopic (exact) mass is 190 g/mol. The Labute approximate surface area is 83.8 Å². The summed E-state index contributed by atoms with van der Waals surface area (Å²) in [6.45, 7) is 0. The molecular weight excluding hydrogens is 176 g/mol. The van der Waals surface area contributed by atoms with E-state index in [-0.39, 0.29) is 5.78 Å². The summed E-state index contributed by atoms with van der Waals surface area (Å²) in [6, 6.07) is 6.88. The topological polar surface area (TPSA) is 46.3 Å². The summed E-state index contributed by atoms with van der Waals surface area (Å²) in [5.74, 6) is -0.0151. The van der Waals surface area contributed by atoms with Crippen molar-refractivity contribution in [2.45, 2.75) is 0 Å². The summed E-state index contributed by atoms with van der Waals surface area (Å²) in [7, 11) is 3.74. The van der Waals surface area contributed by atoms with Crippen molar-refractivity contribution in [3.8, 4) is 0 Å². The van der Waals surface area contributed by atoms with Crippen LogP contribution in [0.25, 0.3) is 0 Å². The lowest BCUT2D eigenvalue weighted by atomic mass is 10.1. The van der Waals surface area contributed by atoms with Crippen LogP contribution >= 0.6 is 0 Å². The number of ketones is 1. The maximum atomic E-state index is 11.5. The van der Waals surface area contributed by atoms with Gasteiger partial charge in [0.1, 0.15) is 0 Å². The van der Waals surface area contributed by atoms with E-state index in [9.17, 15) is 4.79 Å². The van der Waals surface area contributed by atoms with Crippen LogP contribution in [0.3, 0.4) is 0 Å². The Morgan fingerprint density at radius 3 is 2.36 bits per heavy atom. The zero-order valence-electron chi connectivity index (χ0n) is 8.40. The molecule has 0 aliphatic carbocycles. The Bertz CT molecular complexity index is 339. The van der Waals surface area contributed by atoms with E-state index in [2.05, 4.69) is 0 Å². The van der Waals surface area contributed by atoms with Gasteiger partial charge in [-0.2, -0.15) is 0 Å². The second kappa shape index (κ2) is 4.46. The number of carbonyl (C=O) groups is 1. The van der Waals surface area contributed by atoms with Gasteiger partial charge in [-0.25, -0.2) is 0 Å². The van der Waals surface area contributed by atoms with Crippen molar-refractivity contribution in [1.29, 1.82) is 0 Å². The van der Waals surface area contributed by atoms with Crippen molar-refractivity contribution in [1.82, 2.24) is 4.90 Å². The van der Waals surface area contributed by atoms with Gasteiger partial charge in [0.2, 0.25) is 0 Å². The summed E-state index contributed by atoms with van der Waals surface area (Å²) in [5.41, 5.74) is 6.83. The molecule has 0 unspecified atom stereocenters. The molecule has 3 heteroatoms. The molecule has 0 aliphatic rings. The van der Waals surface area contributed by atoms with Crippen LogP contribution in [0.2, 0.25) is 0 Å². The molecule has 74 valence electrons. The molecule has 0 saturated carbocycles. The zero-order chi connectivity index (χ0) is 10.6. The highest BCUT2D eigenvalue weighted by Crippen LogP contribution is 2.06. The summed E-state index contributed by atoms with van der Waals surface area (Å²) in [6.07, 6.45) is 3.25. The van der Waals surface area contributed by atoms with Crippen molar-refractivity contribution in [2.75, 3.05) is 19.8 Å². The highest BCUT2D eigenvalue weighted by Gasteiger charge is 1.99. The van der Waals surface area contributed by atoms with E-state index in [0.717, 1.165) is 0 Å². The molecular formula is C11H14N2O. The first kappa shape index (κ1) is 10.3. The van der Waals surface area contributed by atoms with E-state index < -0.39 is 0 Å². The number of anilines is 1. The van der Waals surface area contributed by atoms with Crippen molar-refractivity contribution in [3.63, 3.8) is 0 Å². The minimum absolute atomic E-state index is 0.0151. The summed E-state index contributed by atoms with van der Waals surface area (Å²) in [5, 5.41) is 0. The third-order valence-corrected chi connectivity index (χ3v) is 1.72. The number of benzene rings is 1. The second-order valence-electron chi connectivity index (χ2n) is 3.27. The highest BCUT2D eigenvalue weighted by atomic mass is 16.1. The third-order valence-electron chi connectivity index (χ3n) is 1.72. The molecule has 1 rings (SSSR count). The van der Waals surface area contributed by atoms with Gasteiger partial charge in [-0.3, -0.25) is 4.79 Å². The average Bonchev–Trinajstić information content (AvgIpc) is 2.15. The highest BCUT2D eigenvalue weighted by molar-refractivity contribution is 6.04.